The molecule has 1 amide bonds. The minimum Gasteiger partial charge on any atom is -0.492 e. The van der Waals surface area contributed by atoms with Gasteiger partial charge >= 0.3 is 0 Å². The number of hydrogen-bond donors (Lipinski definition) is 3. The number of ether oxygens (including phenoxy) is 1. The Labute approximate surface area is 226 Å². The van der Waals surface area contributed by atoms with Crippen molar-refractivity contribution in [1.29, 1.82) is 0 Å². The van der Waals surface area contributed by atoms with E-state index in [1.165, 1.54) is 6.08 Å². The van der Waals surface area contributed by atoms with Gasteiger partial charge in [-0.25, -0.2) is 0 Å². The highest BCUT2D eigenvalue weighted by molar-refractivity contribution is 6.18. The van der Waals surface area contributed by atoms with Gasteiger partial charge in [-0.2, -0.15) is 9.49 Å². The molecule has 3 N–H and O–H groups in total. The Morgan fingerprint density at radius 2 is 1.82 bits per heavy atom. The predicted octanol–water partition coefficient (Wildman–Crippen LogP) is 5.56. The Balaban J connectivity index is 1.58. The number of aromatic nitrogens is 2. The van der Waals surface area contributed by atoms with Crippen LogP contribution in [0.2, 0.25) is 0 Å². The largest absolute Gasteiger partial charge is 0.492 e. The zero-order chi connectivity index (χ0) is 26.7. The third-order valence-corrected chi connectivity index (χ3v) is 6.22. The standard InChI is InChI=1S/C30H30ClFN4O2/c1-33-28(37)8-5-17-34-18-19-38-24-12-9-22(10-13-24)29(25(15-16-31)21-6-3-2-4-7-21)23-11-14-27-26(20-23)30(32)36-35-27/h2-14,20,34H,15-19H2,1H3,(H,33,37)(H,35,36)/b8-5+,29-25+. The number of likely N-dealkylation sites (N-methyl/N-ethyl adjacent to an activating group) is 1. The monoisotopic (exact) mass is 532 g/mol. The van der Waals surface area contributed by atoms with E-state index in [1.54, 1.807) is 13.1 Å². The van der Waals surface area contributed by atoms with E-state index in [2.05, 4.69) is 33.0 Å². The van der Waals surface area contributed by atoms with E-state index in [0.717, 1.165) is 33.6 Å². The molecule has 0 spiro atoms. The molecule has 3 aromatic carbocycles. The molecule has 6 nitrogen and oxygen atoms in total. The van der Waals surface area contributed by atoms with E-state index in [-0.39, 0.29) is 5.91 Å². The normalized spacial score (nSPS) is 12.1. The topological polar surface area (TPSA) is 79.0 Å². The van der Waals surface area contributed by atoms with Crippen LogP contribution >= 0.6 is 11.6 Å². The third kappa shape index (κ3) is 6.88. The summed E-state index contributed by atoms with van der Waals surface area (Å²) in [5, 5.41) is 12.6. The number of aromatic amines is 1. The van der Waals surface area contributed by atoms with Gasteiger partial charge in [0, 0.05) is 32.1 Å². The highest BCUT2D eigenvalue weighted by Gasteiger charge is 2.16. The van der Waals surface area contributed by atoms with Gasteiger partial charge in [0.1, 0.15) is 12.4 Å². The second-order valence-electron chi connectivity index (χ2n) is 8.52. The van der Waals surface area contributed by atoms with Gasteiger partial charge in [0.2, 0.25) is 11.9 Å². The summed E-state index contributed by atoms with van der Waals surface area (Å²) in [6.07, 6.45) is 3.90. The summed E-state index contributed by atoms with van der Waals surface area (Å²) in [5.41, 5.74) is 5.55. The quantitative estimate of drug-likeness (QED) is 0.0965. The van der Waals surface area contributed by atoms with Gasteiger partial charge in [-0.3, -0.25) is 9.89 Å². The number of alkyl halides is 1. The number of allylic oxidation sites excluding steroid dienone is 1. The van der Waals surface area contributed by atoms with Crippen LogP contribution in [0.3, 0.4) is 0 Å². The van der Waals surface area contributed by atoms with Crippen molar-refractivity contribution in [2.45, 2.75) is 6.42 Å². The molecule has 0 bridgehead atoms. The molecule has 0 radical (unpaired) electrons. The molecular weight excluding hydrogens is 503 g/mol. The van der Waals surface area contributed by atoms with Crippen LogP contribution in [0.1, 0.15) is 23.1 Å². The average Bonchev–Trinajstić information content (AvgIpc) is 3.33. The van der Waals surface area contributed by atoms with Crippen LogP contribution < -0.4 is 15.4 Å². The van der Waals surface area contributed by atoms with Crippen LogP contribution in [0.5, 0.6) is 5.75 Å². The lowest BCUT2D eigenvalue weighted by atomic mass is 9.88. The van der Waals surface area contributed by atoms with Gasteiger partial charge in [-0.05, 0) is 58.5 Å². The minimum atomic E-state index is -0.457. The van der Waals surface area contributed by atoms with Crippen molar-refractivity contribution >= 4 is 39.6 Å². The van der Waals surface area contributed by atoms with Crippen molar-refractivity contribution in [1.82, 2.24) is 20.8 Å². The summed E-state index contributed by atoms with van der Waals surface area (Å²) in [4.78, 5) is 11.2. The first-order chi connectivity index (χ1) is 18.6. The molecule has 0 atom stereocenters. The summed E-state index contributed by atoms with van der Waals surface area (Å²) in [5.74, 6) is 0.600. The van der Waals surface area contributed by atoms with Gasteiger partial charge < -0.3 is 15.4 Å². The van der Waals surface area contributed by atoms with Crippen molar-refractivity contribution in [3.8, 4) is 5.75 Å². The number of H-pyrrole nitrogens is 1. The molecule has 0 unspecified atom stereocenters. The van der Waals surface area contributed by atoms with Gasteiger partial charge in [0.25, 0.3) is 0 Å². The molecule has 0 aliphatic heterocycles. The fourth-order valence-corrected chi connectivity index (χ4v) is 4.38. The molecule has 0 fully saturated rings. The summed E-state index contributed by atoms with van der Waals surface area (Å²) >= 11 is 6.26. The molecule has 0 aliphatic rings. The third-order valence-electron chi connectivity index (χ3n) is 6.03. The average molecular weight is 533 g/mol. The molecule has 4 aromatic rings. The summed E-state index contributed by atoms with van der Waals surface area (Å²) < 4.78 is 20.3. The molecule has 1 heterocycles. The van der Waals surface area contributed by atoms with E-state index in [9.17, 15) is 9.18 Å². The molecule has 0 saturated carbocycles. The molecule has 1 aromatic heterocycles. The Hall–Kier alpha value is -3.94. The lowest BCUT2D eigenvalue weighted by molar-refractivity contribution is -0.116. The van der Waals surface area contributed by atoms with Crippen molar-refractivity contribution in [3.05, 3.63) is 108 Å². The van der Waals surface area contributed by atoms with Crippen LogP contribution in [0.25, 0.3) is 22.0 Å². The number of hydrogen-bond acceptors (Lipinski definition) is 4. The van der Waals surface area contributed by atoms with Crippen molar-refractivity contribution in [2.75, 3.05) is 32.6 Å². The predicted molar refractivity (Wildman–Crippen MR) is 152 cm³/mol. The SMILES string of the molecule is CNC(=O)/C=C/CNCCOc1ccc(/C(=C(/CCCl)c2ccccc2)c2ccc3n[nH]c(F)c3c2)cc1. The summed E-state index contributed by atoms with van der Waals surface area (Å²) in [6.45, 7) is 1.69. The number of carbonyl (C=O) groups is 1. The maximum atomic E-state index is 14.4. The van der Waals surface area contributed by atoms with Gasteiger partial charge in [0.15, 0.2) is 0 Å². The van der Waals surface area contributed by atoms with E-state index in [4.69, 9.17) is 16.3 Å². The first-order valence-electron chi connectivity index (χ1n) is 12.4. The first kappa shape index (κ1) is 27.1. The van der Waals surface area contributed by atoms with Crippen molar-refractivity contribution in [2.24, 2.45) is 0 Å². The molecule has 0 saturated heterocycles. The lowest BCUT2D eigenvalue weighted by Gasteiger charge is -2.17. The van der Waals surface area contributed by atoms with Gasteiger partial charge in [-0.1, -0.05) is 54.6 Å². The molecule has 38 heavy (non-hydrogen) atoms. The Kier molecular flexibility index (Phi) is 9.67. The zero-order valence-electron chi connectivity index (χ0n) is 21.1. The van der Waals surface area contributed by atoms with Crippen LogP contribution in [-0.4, -0.2) is 48.7 Å². The number of benzene rings is 3. The number of nitrogens with zero attached hydrogens (tertiary/aromatic N) is 1. The number of fused-ring (bicyclic) bond motifs is 1. The van der Waals surface area contributed by atoms with E-state index in [1.807, 2.05) is 60.7 Å². The highest BCUT2D eigenvalue weighted by Crippen LogP contribution is 2.36. The van der Waals surface area contributed by atoms with Gasteiger partial charge in [-0.15, -0.1) is 11.6 Å². The Morgan fingerprint density at radius 3 is 2.55 bits per heavy atom. The van der Waals surface area contributed by atoms with Crippen molar-refractivity contribution in [3.63, 3.8) is 0 Å². The fraction of sp³-hybridized carbons (Fsp3) is 0.200. The number of rotatable bonds is 12. The molecular formula is C30H30ClFN4O2. The number of amides is 1. The van der Waals surface area contributed by atoms with E-state index < -0.39 is 5.95 Å². The second-order valence-corrected chi connectivity index (χ2v) is 8.90. The first-order valence-corrected chi connectivity index (χ1v) is 12.9. The highest BCUT2D eigenvalue weighted by atomic mass is 35.5. The summed E-state index contributed by atoms with van der Waals surface area (Å²) in [7, 11) is 1.59. The van der Waals surface area contributed by atoms with Gasteiger partial charge in [0.05, 0.1) is 10.9 Å². The smallest absolute Gasteiger partial charge is 0.243 e. The molecule has 8 heteroatoms. The number of carbonyl (C=O) groups excluding carboxylic acids is 1. The molecule has 196 valence electrons. The van der Waals surface area contributed by atoms with Crippen LogP contribution in [0.15, 0.2) is 84.9 Å². The maximum absolute atomic E-state index is 14.4. The van der Waals surface area contributed by atoms with Crippen LogP contribution in [-0.2, 0) is 4.79 Å². The zero-order valence-corrected chi connectivity index (χ0v) is 21.9. The Morgan fingerprint density at radius 1 is 1.05 bits per heavy atom. The second kappa shape index (κ2) is 13.6. The maximum Gasteiger partial charge on any atom is 0.243 e. The number of nitrogens with one attached hydrogen (secondary N) is 3. The Bertz CT molecular complexity index is 1420. The minimum absolute atomic E-state index is 0.132. The fourth-order valence-electron chi connectivity index (χ4n) is 4.19. The van der Waals surface area contributed by atoms with E-state index >= 15 is 0 Å². The lowest BCUT2D eigenvalue weighted by Crippen LogP contribution is -2.21. The molecule has 0 aliphatic carbocycles. The van der Waals surface area contributed by atoms with E-state index in [0.29, 0.717) is 42.9 Å². The summed E-state index contributed by atoms with van der Waals surface area (Å²) in [6, 6.07) is 23.6. The van der Waals surface area contributed by atoms with Crippen molar-refractivity contribution < 1.29 is 13.9 Å². The van der Waals surface area contributed by atoms with Crippen LogP contribution in [0, 0.1) is 5.95 Å². The molecule has 4 rings (SSSR count). The van der Waals surface area contributed by atoms with Crippen LogP contribution in [0.4, 0.5) is 4.39 Å². The number of halogens is 2.